The van der Waals surface area contributed by atoms with Crippen LogP contribution in [0.4, 0.5) is 0 Å². The van der Waals surface area contributed by atoms with Crippen molar-refractivity contribution < 1.29 is 0 Å². The van der Waals surface area contributed by atoms with Crippen molar-refractivity contribution in [1.82, 2.24) is 14.9 Å². The molecule has 0 fully saturated rings. The van der Waals surface area contributed by atoms with E-state index in [0.29, 0.717) is 0 Å². The summed E-state index contributed by atoms with van der Waals surface area (Å²) < 4.78 is 2.25. The predicted molar refractivity (Wildman–Crippen MR) is 69.6 cm³/mol. The van der Waals surface area contributed by atoms with Crippen LogP contribution in [0.25, 0.3) is 0 Å². The highest BCUT2D eigenvalue weighted by Gasteiger charge is 1.98. The van der Waals surface area contributed by atoms with Gasteiger partial charge < -0.3 is 9.88 Å². The van der Waals surface area contributed by atoms with Crippen LogP contribution >= 0.6 is 0 Å². The first kappa shape index (κ1) is 11.9. The van der Waals surface area contributed by atoms with E-state index in [-0.39, 0.29) is 0 Å². The van der Waals surface area contributed by atoms with E-state index >= 15 is 0 Å². The van der Waals surface area contributed by atoms with Crippen LogP contribution < -0.4 is 5.32 Å². The smallest absolute Gasteiger partial charge is 0.0372 e. The molecule has 0 saturated carbocycles. The number of aromatic nitrogens is 2. The van der Waals surface area contributed by atoms with E-state index in [1.807, 2.05) is 19.2 Å². The minimum absolute atomic E-state index is 0.863. The Labute approximate surface area is 103 Å². The highest BCUT2D eigenvalue weighted by molar-refractivity contribution is 5.13. The third-order valence-electron chi connectivity index (χ3n) is 2.87. The SMILES string of the molecule is CCn1cccc1CNCc1ccc(C)nc1. The van der Waals surface area contributed by atoms with Gasteiger partial charge in [0.15, 0.2) is 0 Å². The normalized spacial score (nSPS) is 10.7. The Morgan fingerprint density at radius 2 is 2.12 bits per heavy atom. The molecule has 0 aliphatic heterocycles. The van der Waals surface area contributed by atoms with Gasteiger partial charge in [0, 0.05) is 43.4 Å². The van der Waals surface area contributed by atoms with E-state index < -0.39 is 0 Å². The van der Waals surface area contributed by atoms with E-state index in [0.717, 1.165) is 25.3 Å². The molecule has 3 heteroatoms. The summed E-state index contributed by atoms with van der Waals surface area (Å²) in [6.07, 6.45) is 4.05. The van der Waals surface area contributed by atoms with Gasteiger partial charge in [-0.2, -0.15) is 0 Å². The second kappa shape index (κ2) is 5.64. The standard InChI is InChI=1S/C14H19N3/c1-3-17-8-4-5-14(17)11-15-9-13-7-6-12(2)16-10-13/h4-8,10,15H,3,9,11H2,1-2H3. The molecule has 0 radical (unpaired) electrons. The Bertz CT molecular complexity index is 457. The van der Waals surface area contributed by atoms with Crippen LogP contribution in [0.2, 0.25) is 0 Å². The second-order valence-corrected chi connectivity index (χ2v) is 4.20. The lowest BCUT2D eigenvalue weighted by atomic mass is 10.2. The van der Waals surface area contributed by atoms with Crippen LogP contribution in [0.15, 0.2) is 36.7 Å². The lowest BCUT2D eigenvalue weighted by molar-refractivity contribution is 0.628. The molecule has 0 spiro atoms. The molecule has 0 bridgehead atoms. The molecular weight excluding hydrogens is 210 g/mol. The highest BCUT2D eigenvalue weighted by atomic mass is 15.0. The average Bonchev–Trinajstić information content (AvgIpc) is 2.79. The molecule has 0 unspecified atom stereocenters. The fourth-order valence-corrected chi connectivity index (χ4v) is 1.86. The molecule has 2 aromatic heterocycles. The van der Waals surface area contributed by atoms with Crippen LogP contribution in [0.3, 0.4) is 0 Å². The van der Waals surface area contributed by atoms with E-state index in [1.54, 1.807) is 0 Å². The van der Waals surface area contributed by atoms with Crippen molar-refractivity contribution in [1.29, 1.82) is 0 Å². The summed E-state index contributed by atoms with van der Waals surface area (Å²) in [5, 5.41) is 3.44. The van der Waals surface area contributed by atoms with Gasteiger partial charge in [0.1, 0.15) is 0 Å². The van der Waals surface area contributed by atoms with Gasteiger partial charge in [0.2, 0.25) is 0 Å². The number of aryl methyl sites for hydroxylation is 2. The molecule has 0 amide bonds. The minimum atomic E-state index is 0.863. The Morgan fingerprint density at radius 1 is 1.24 bits per heavy atom. The van der Waals surface area contributed by atoms with Gasteiger partial charge in [-0.05, 0) is 37.6 Å². The van der Waals surface area contributed by atoms with Gasteiger partial charge in [-0.15, -0.1) is 0 Å². The van der Waals surface area contributed by atoms with Gasteiger partial charge in [0.05, 0.1) is 0 Å². The zero-order chi connectivity index (χ0) is 12.1. The summed E-state index contributed by atoms with van der Waals surface area (Å²) in [4.78, 5) is 4.28. The van der Waals surface area contributed by atoms with Crippen molar-refractivity contribution in [3.63, 3.8) is 0 Å². The van der Waals surface area contributed by atoms with E-state index in [2.05, 4.69) is 46.2 Å². The molecular formula is C14H19N3. The molecule has 1 N–H and O–H groups in total. The molecule has 90 valence electrons. The van der Waals surface area contributed by atoms with Gasteiger partial charge in [-0.25, -0.2) is 0 Å². The number of rotatable bonds is 5. The Morgan fingerprint density at radius 3 is 2.82 bits per heavy atom. The molecule has 3 nitrogen and oxygen atoms in total. The molecule has 0 aromatic carbocycles. The Kier molecular flexibility index (Phi) is 3.94. The zero-order valence-electron chi connectivity index (χ0n) is 10.5. The summed E-state index contributed by atoms with van der Waals surface area (Å²) in [6, 6.07) is 8.41. The van der Waals surface area contributed by atoms with Gasteiger partial charge in [-0.3, -0.25) is 4.98 Å². The molecule has 0 aliphatic rings. The molecule has 0 atom stereocenters. The Hall–Kier alpha value is -1.61. The lowest BCUT2D eigenvalue weighted by Gasteiger charge is -2.08. The van der Waals surface area contributed by atoms with Crippen molar-refractivity contribution in [2.75, 3.05) is 0 Å². The number of nitrogens with zero attached hydrogens (tertiary/aromatic N) is 2. The van der Waals surface area contributed by atoms with Gasteiger partial charge in [0.25, 0.3) is 0 Å². The topological polar surface area (TPSA) is 29.9 Å². The van der Waals surface area contributed by atoms with Gasteiger partial charge >= 0.3 is 0 Å². The number of hydrogen-bond acceptors (Lipinski definition) is 2. The number of hydrogen-bond donors (Lipinski definition) is 1. The first-order chi connectivity index (χ1) is 8.29. The largest absolute Gasteiger partial charge is 0.351 e. The molecule has 17 heavy (non-hydrogen) atoms. The number of nitrogens with one attached hydrogen (secondary N) is 1. The fraction of sp³-hybridized carbons (Fsp3) is 0.357. The third kappa shape index (κ3) is 3.17. The summed E-state index contributed by atoms with van der Waals surface area (Å²) >= 11 is 0. The summed E-state index contributed by atoms with van der Waals surface area (Å²) in [7, 11) is 0. The van der Waals surface area contributed by atoms with Crippen LogP contribution in [0.1, 0.15) is 23.9 Å². The molecule has 2 aromatic rings. The quantitative estimate of drug-likeness (QED) is 0.853. The summed E-state index contributed by atoms with van der Waals surface area (Å²) in [5.41, 5.74) is 3.62. The first-order valence-corrected chi connectivity index (χ1v) is 6.06. The number of pyridine rings is 1. The van der Waals surface area contributed by atoms with Gasteiger partial charge in [-0.1, -0.05) is 6.07 Å². The van der Waals surface area contributed by atoms with E-state index in [9.17, 15) is 0 Å². The molecule has 2 heterocycles. The lowest BCUT2D eigenvalue weighted by Crippen LogP contribution is -2.15. The maximum Gasteiger partial charge on any atom is 0.0372 e. The van der Waals surface area contributed by atoms with E-state index in [1.165, 1.54) is 11.3 Å². The highest BCUT2D eigenvalue weighted by Crippen LogP contribution is 2.03. The van der Waals surface area contributed by atoms with Crippen molar-refractivity contribution in [2.24, 2.45) is 0 Å². The monoisotopic (exact) mass is 229 g/mol. The van der Waals surface area contributed by atoms with Crippen molar-refractivity contribution in [3.05, 3.63) is 53.6 Å². The average molecular weight is 229 g/mol. The first-order valence-electron chi connectivity index (χ1n) is 6.06. The summed E-state index contributed by atoms with van der Waals surface area (Å²) in [6.45, 7) is 6.95. The zero-order valence-corrected chi connectivity index (χ0v) is 10.5. The van der Waals surface area contributed by atoms with Crippen LogP contribution in [-0.4, -0.2) is 9.55 Å². The molecule has 0 saturated heterocycles. The van der Waals surface area contributed by atoms with Crippen LogP contribution in [-0.2, 0) is 19.6 Å². The van der Waals surface area contributed by atoms with Crippen LogP contribution in [0.5, 0.6) is 0 Å². The molecule has 2 rings (SSSR count). The van der Waals surface area contributed by atoms with E-state index in [4.69, 9.17) is 0 Å². The third-order valence-corrected chi connectivity index (χ3v) is 2.87. The Balaban J connectivity index is 1.85. The maximum atomic E-state index is 4.28. The second-order valence-electron chi connectivity index (χ2n) is 4.20. The van der Waals surface area contributed by atoms with Crippen molar-refractivity contribution >= 4 is 0 Å². The summed E-state index contributed by atoms with van der Waals surface area (Å²) in [5.74, 6) is 0. The van der Waals surface area contributed by atoms with Crippen LogP contribution in [0, 0.1) is 6.92 Å². The van der Waals surface area contributed by atoms with Crippen molar-refractivity contribution in [3.8, 4) is 0 Å². The predicted octanol–water partition coefficient (Wildman–Crippen LogP) is 2.50. The molecule has 0 aliphatic carbocycles. The maximum absolute atomic E-state index is 4.28. The van der Waals surface area contributed by atoms with Crippen molar-refractivity contribution in [2.45, 2.75) is 33.5 Å². The minimum Gasteiger partial charge on any atom is -0.351 e. The fourth-order valence-electron chi connectivity index (χ4n) is 1.86.